The molecule has 0 saturated carbocycles. The van der Waals surface area contributed by atoms with Gasteiger partial charge in [0, 0.05) is 17.3 Å². The average Bonchev–Trinajstić information content (AvgIpc) is 3.35. The van der Waals surface area contributed by atoms with E-state index < -0.39 is 0 Å². The third-order valence-corrected chi connectivity index (χ3v) is 4.73. The number of nitrogens with one attached hydrogen (secondary N) is 1. The van der Waals surface area contributed by atoms with Gasteiger partial charge in [0.25, 0.3) is 5.78 Å². The van der Waals surface area contributed by atoms with Crippen molar-refractivity contribution in [3.63, 3.8) is 0 Å². The first-order chi connectivity index (χ1) is 13.5. The number of rotatable bonds is 5. The van der Waals surface area contributed by atoms with Crippen molar-refractivity contribution >= 4 is 28.9 Å². The molecule has 0 fully saturated rings. The van der Waals surface area contributed by atoms with E-state index in [9.17, 15) is 0 Å². The van der Waals surface area contributed by atoms with Crippen LogP contribution in [0.4, 0.5) is 11.5 Å². The van der Waals surface area contributed by atoms with Crippen molar-refractivity contribution in [2.45, 2.75) is 13.8 Å². The Hall–Kier alpha value is -3.26. The molecule has 0 unspecified atom stereocenters. The molecule has 9 heteroatoms. The highest BCUT2D eigenvalue weighted by Gasteiger charge is 2.18. The highest BCUT2D eigenvalue weighted by atomic mass is 35.5. The van der Waals surface area contributed by atoms with Crippen molar-refractivity contribution in [3.05, 3.63) is 46.8 Å². The first-order valence-electron chi connectivity index (χ1n) is 8.48. The normalized spacial score (nSPS) is 11.0. The minimum absolute atomic E-state index is 0.449. The van der Waals surface area contributed by atoms with Gasteiger partial charge in [0.1, 0.15) is 17.3 Å². The van der Waals surface area contributed by atoms with Crippen LogP contribution >= 0.6 is 11.6 Å². The van der Waals surface area contributed by atoms with E-state index >= 15 is 0 Å². The Morgan fingerprint density at radius 2 is 1.89 bits per heavy atom. The molecule has 4 aromatic rings. The van der Waals surface area contributed by atoms with E-state index in [2.05, 4.69) is 20.4 Å². The monoisotopic (exact) mass is 399 g/mol. The molecule has 0 aliphatic heterocycles. The second-order valence-corrected chi connectivity index (χ2v) is 6.51. The summed E-state index contributed by atoms with van der Waals surface area (Å²) in [6, 6.07) is 7.05. The maximum atomic E-state index is 6.31. The fraction of sp³-hybridized carbons (Fsp3) is 0.211. The lowest BCUT2D eigenvalue weighted by molar-refractivity contribution is 0.396. The molecule has 1 N–H and O–H groups in total. The molecule has 4 rings (SSSR count). The van der Waals surface area contributed by atoms with Gasteiger partial charge in [-0.25, -0.2) is 4.98 Å². The number of benzene rings is 1. The first-order valence-corrected chi connectivity index (χ1v) is 8.86. The van der Waals surface area contributed by atoms with Crippen molar-refractivity contribution in [3.8, 4) is 23.1 Å². The SMILES string of the molecule is COc1cc(OC)c(Nc2c(C)c(C)nc3nc(-c4ccco4)nn23)cc1Cl. The topological polar surface area (TPSA) is 86.7 Å². The number of furan rings is 1. The Morgan fingerprint density at radius 3 is 2.57 bits per heavy atom. The molecule has 0 spiro atoms. The average molecular weight is 400 g/mol. The lowest BCUT2D eigenvalue weighted by Gasteiger charge is -2.16. The van der Waals surface area contributed by atoms with Crippen LogP contribution in [0.15, 0.2) is 34.9 Å². The number of ether oxygens (including phenoxy) is 2. The first kappa shape index (κ1) is 18.1. The summed E-state index contributed by atoms with van der Waals surface area (Å²) in [5, 5.41) is 8.36. The van der Waals surface area contributed by atoms with E-state index in [1.54, 1.807) is 49.3 Å². The Balaban J connectivity index is 1.87. The molecule has 3 heterocycles. The van der Waals surface area contributed by atoms with Crippen molar-refractivity contribution in [2.75, 3.05) is 19.5 Å². The second kappa shape index (κ2) is 7.05. The minimum atomic E-state index is 0.449. The van der Waals surface area contributed by atoms with Crippen molar-refractivity contribution in [1.82, 2.24) is 19.6 Å². The summed E-state index contributed by atoms with van der Waals surface area (Å²) in [6.07, 6.45) is 1.58. The number of anilines is 2. The van der Waals surface area contributed by atoms with E-state index in [1.165, 1.54) is 0 Å². The summed E-state index contributed by atoms with van der Waals surface area (Å²) in [6.45, 7) is 3.87. The van der Waals surface area contributed by atoms with Crippen LogP contribution in [-0.4, -0.2) is 33.8 Å². The van der Waals surface area contributed by atoms with Gasteiger partial charge in [-0.15, -0.1) is 5.10 Å². The van der Waals surface area contributed by atoms with Crippen molar-refractivity contribution in [1.29, 1.82) is 0 Å². The highest BCUT2D eigenvalue weighted by molar-refractivity contribution is 6.32. The summed E-state index contributed by atoms with van der Waals surface area (Å²) in [7, 11) is 3.14. The van der Waals surface area contributed by atoms with Gasteiger partial charge in [-0.2, -0.15) is 9.50 Å². The van der Waals surface area contributed by atoms with Gasteiger partial charge in [0.2, 0.25) is 5.82 Å². The number of nitrogens with zero attached hydrogens (tertiary/aromatic N) is 4. The molecule has 3 aromatic heterocycles. The Kier molecular flexibility index (Phi) is 4.56. The van der Waals surface area contributed by atoms with E-state index in [0.29, 0.717) is 45.4 Å². The third kappa shape index (κ3) is 3.01. The molecule has 0 bridgehead atoms. The largest absolute Gasteiger partial charge is 0.495 e. The third-order valence-electron chi connectivity index (χ3n) is 4.44. The van der Waals surface area contributed by atoms with Gasteiger partial charge in [-0.3, -0.25) is 0 Å². The lowest BCUT2D eigenvalue weighted by atomic mass is 10.2. The Bertz CT molecular complexity index is 1150. The van der Waals surface area contributed by atoms with Crippen LogP contribution in [0.2, 0.25) is 5.02 Å². The van der Waals surface area contributed by atoms with Gasteiger partial charge in [0.05, 0.1) is 31.2 Å². The van der Waals surface area contributed by atoms with Crippen LogP contribution in [-0.2, 0) is 0 Å². The number of halogens is 1. The molecule has 144 valence electrons. The van der Waals surface area contributed by atoms with Crippen LogP contribution < -0.4 is 14.8 Å². The standard InChI is InChI=1S/C19H18ClN5O3/c1-10-11(2)21-19-23-17(14-6-5-7-28-14)24-25(19)18(10)22-13-8-12(20)15(26-3)9-16(13)27-4/h5-9,22H,1-4H3. The zero-order chi connectivity index (χ0) is 19.8. The summed E-state index contributed by atoms with van der Waals surface area (Å²) < 4.78 is 17.8. The smallest absolute Gasteiger partial charge is 0.255 e. The predicted octanol–water partition coefficient (Wildman–Crippen LogP) is 4.42. The number of fused-ring (bicyclic) bond motifs is 1. The highest BCUT2D eigenvalue weighted by Crippen LogP contribution is 2.38. The molecule has 0 aliphatic rings. The number of aromatic nitrogens is 4. The van der Waals surface area contributed by atoms with Gasteiger partial charge < -0.3 is 19.2 Å². The molecule has 0 atom stereocenters. The van der Waals surface area contributed by atoms with E-state index in [4.69, 9.17) is 25.5 Å². The summed E-state index contributed by atoms with van der Waals surface area (Å²) in [5.74, 6) is 3.28. The molecule has 28 heavy (non-hydrogen) atoms. The lowest BCUT2D eigenvalue weighted by Crippen LogP contribution is -2.07. The molecule has 0 aliphatic carbocycles. The maximum absolute atomic E-state index is 6.31. The zero-order valence-electron chi connectivity index (χ0n) is 15.8. The quantitative estimate of drug-likeness (QED) is 0.531. The molecule has 0 amide bonds. The molecule has 0 radical (unpaired) electrons. The fourth-order valence-corrected chi connectivity index (χ4v) is 3.07. The van der Waals surface area contributed by atoms with Gasteiger partial charge in [0.15, 0.2) is 5.76 Å². The number of aryl methyl sites for hydroxylation is 1. The molecule has 8 nitrogen and oxygen atoms in total. The van der Waals surface area contributed by atoms with E-state index in [0.717, 1.165) is 11.3 Å². The number of hydrogen-bond acceptors (Lipinski definition) is 7. The molecular weight excluding hydrogens is 382 g/mol. The second-order valence-electron chi connectivity index (χ2n) is 6.11. The van der Waals surface area contributed by atoms with Crippen molar-refractivity contribution in [2.24, 2.45) is 0 Å². The molecular formula is C19H18ClN5O3. The van der Waals surface area contributed by atoms with Crippen molar-refractivity contribution < 1.29 is 13.9 Å². The summed E-state index contributed by atoms with van der Waals surface area (Å²) in [4.78, 5) is 9.00. The minimum Gasteiger partial charge on any atom is -0.495 e. The van der Waals surface area contributed by atoms with E-state index in [1.807, 2.05) is 13.8 Å². The summed E-state index contributed by atoms with van der Waals surface area (Å²) in [5.41, 5.74) is 2.41. The maximum Gasteiger partial charge on any atom is 0.255 e. The van der Waals surface area contributed by atoms with Gasteiger partial charge in [-0.1, -0.05) is 11.6 Å². The Morgan fingerprint density at radius 1 is 1.11 bits per heavy atom. The van der Waals surface area contributed by atoms with E-state index in [-0.39, 0.29) is 0 Å². The predicted molar refractivity (Wildman–Crippen MR) is 106 cm³/mol. The van der Waals surface area contributed by atoms with Gasteiger partial charge in [-0.05, 0) is 32.0 Å². The summed E-state index contributed by atoms with van der Waals surface area (Å²) >= 11 is 6.31. The number of methoxy groups -OCH3 is 2. The number of hydrogen-bond donors (Lipinski definition) is 1. The molecule has 1 aromatic carbocycles. The van der Waals surface area contributed by atoms with Crippen LogP contribution in [0.25, 0.3) is 17.4 Å². The van der Waals surface area contributed by atoms with Crippen LogP contribution in [0.3, 0.4) is 0 Å². The van der Waals surface area contributed by atoms with Crippen LogP contribution in [0.1, 0.15) is 11.3 Å². The Labute approximate surface area is 166 Å². The molecule has 0 saturated heterocycles. The van der Waals surface area contributed by atoms with Crippen LogP contribution in [0, 0.1) is 13.8 Å². The van der Waals surface area contributed by atoms with Gasteiger partial charge >= 0.3 is 0 Å². The fourth-order valence-electron chi connectivity index (χ4n) is 2.83. The van der Waals surface area contributed by atoms with Crippen LogP contribution in [0.5, 0.6) is 11.5 Å². The zero-order valence-corrected chi connectivity index (χ0v) is 16.5.